The van der Waals surface area contributed by atoms with Crippen LogP contribution in [0.1, 0.15) is 11.8 Å². The van der Waals surface area contributed by atoms with E-state index in [0.29, 0.717) is 11.4 Å². The van der Waals surface area contributed by atoms with E-state index in [0.717, 1.165) is 0 Å². The van der Waals surface area contributed by atoms with Crippen LogP contribution in [0.4, 0.5) is 0 Å². The highest BCUT2D eigenvalue weighted by Gasteiger charge is 2.21. The molecule has 2 N–H and O–H groups in total. The normalized spacial score (nSPS) is 14.2. The summed E-state index contributed by atoms with van der Waals surface area (Å²) in [4.78, 5) is 2.55. The maximum absolute atomic E-state index is 12.0. The Bertz CT molecular complexity index is 454. The van der Waals surface area contributed by atoms with Gasteiger partial charge in [0.05, 0.1) is 11.5 Å². The molecule has 7 heteroatoms. The Morgan fingerprint density at radius 1 is 1.53 bits per heavy atom. The van der Waals surface area contributed by atoms with Gasteiger partial charge >= 0.3 is 0 Å². The summed E-state index contributed by atoms with van der Waals surface area (Å²) in [6, 6.07) is 1.34. The fraction of sp³-hybridized carbons (Fsp3) is 0.600. The zero-order valence-electron chi connectivity index (χ0n) is 10.2. The maximum atomic E-state index is 12.0. The lowest BCUT2D eigenvalue weighted by Gasteiger charge is -2.18. The summed E-state index contributed by atoms with van der Waals surface area (Å²) in [6.07, 6.45) is 0. The molecule has 1 aromatic rings. The van der Waals surface area contributed by atoms with Crippen LogP contribution in [0.2, 0.25) is 0 Å². The van der Waals surface area contributed by atoms with Crippen LogP contribution in [0.25, 0.3) is 0 Å². The van der Waals surface area contributed by atoms with E-state index in [1.54, 1.807) is 5.38 Å². The fourth-order valence-electron chi connectivity index (χ4n) is 1.60. The van der Waals surface area contributed by atoms with Gasteiger partial charge in [-0.1, -0.05) is 0 Å². The maximum Gasteiger partial charge on any atom is 0.242 e. The largest absolute Gasteiger partial charge is 0.391 e. The first-order valence-corrected chi connectivity index (χ1v) is 7.57. The van der Waals surface area contributed by atoms with Crippen LogP contribution < -0.4 is 4.72 Å². The fourth-order valence-corrected chi connectivity index (χ4v) is 4.13. The number of rotatable bonds is 6. The molecular formula is C10H18N2O3S2. The summed E-state index contributed by atoms with van der Waals surface area (Å²) in [7, 11) is 0.236. The van der Waals surface area contributed by atoms with E-state index in [4.69, 9.17) is 5.11 Å². The summed E-state index contributed by atoms with van der Waals surface area (Å²) >= 11 is 1.24. The second-order valence-electron chi connectivity index (χ2n) is 4.15. The van der Waals surface area contributed by atoms with E-state index < -0.39 is 10.0 Å². The Balaban J connectivity index is 2.82. The van der Waals surface area contributed by atoms with Gasteiger partial charge in [-0.15, -0.1) is 11.3 Å². The Morgan fingerprint density at radius 2 is 2.18 bits per heavy atom. The van der Waals surface area contributed by atoms with Crippen molar-refractivity contribution in [3.05, 3.63) is 16.3 Å². The molecule has 0 saturated heterocycles. The monoisotopic (exact) mass is 278 g/mol. The third-order valence-corrected chi connectivity index (χ3v) is 4.84. The molecule has 17 heavy (non-hydrogen) atoms. The number of aliphatic hydroxyl groups is 1. The number of nitrogens with one attached hydrogen (secondary N) is 1. The molecule has 0 bridgehead atoms. The zero-order chi connectivity index (χ0) is 13.1. The molecule has 0 saturated carbocycles. The van der Waals surface area contributed by atoms with Gasteiger partial charge in [0.1, 0.15) is 0 Å². The molecule has 5 nitrogen and oxygen atoms in total. The van der Waals surface area contributed by atoms with Gasteiger partial charge in [-0.3, -0.25) is 0 Å². The van der Waals surface area contributed by atoms with Crippen LogP contribution >= 0.6 is 11.3 Å². The molecule has 1 atom stereocenters. The minimum Gasteiger partial charge on any atom is -0.391 e. The average molecular weight is 278 g/mol. The lowest BCUT2D eigenvalue weighted by molar-refractivity contribution is 0.282. The number of sulfonamides is 1. The third kappa shape index (κ3) is 4.04. The molecule has 1 aromatic heterocycles. The van der Waals surface area contributed by atoms with Crippen molar-refractivity contribution < 1.29 is 13.5 Å². The molecule has 1 unspecified atom stereocenters. The van der Waals surface area contributed by atoms with E-state index in [1.807, 2.05) is 25.9 Å². The van der Waals surface area contributed by atoms with Crippen LogP contribution in [0, 0.1) is 0 Å². The highest BCUT2D eigenvalue weighted by atomic mass is 32.2. The Kier molecular flexibility index (Phi) is 5.08. The molecule has 0 amide bonds. The van der Waals surface area contributed by atoms with Crippen LogP contribution in [-0.4, -0.2) is 45.1 Å². The van der Waals surface area contributed by atoms with Gasteiger partial charge in [0, 0.05) is 17.5 Å². The highest BCUT2D eigenvalue weighted by Crippen LogP contribution is 2.21. The minimum atomic E-state index is -3.53. The quantitative estimate of drug-likeness (QED) is 0.793. The first-order chi connectivity index (χ1) is 7.86. The summed E-state index contributed by atoms with van der Waals surface area (Å²) in [5.74, 6) is 0. The molecule has 1 rings (SSSR count). The topological polar surface area (TPSA) is 69.6 Å². The van der Waals surface area contributed by atoms with E-state index in [9.17, 15) is 8.42 Å². The van der Waals surface area contributed by atoms with Gasteiger partial charge < -0.3 is 10.0 Å². The number of nitrogens with zero attached hydrogens (tertiary/aromatic N) is 1. The van der Waals surface area contributed by atoms with E-state index in [-0.39, 0.29) is 17.5 Å². The van der Waals surface area contributed by atoms with Gasteiger partial charge in [-0.05, 0) is 32.5 Å². The van der Waals surface area contributed by atoms with Crippen molar-refractivity contribution in [1.29, 1.82) is 0 Å². The molecule has 98 valence electrons. The van der Waals surface area contributed by atoms with Gasteiger partial charge in [0.15, 0.2) is 0 Å². The predicted molar refractivity (Wildman–Crippen MR) is 68.6 cm³/mol. The molecule has 1 heterocycles. The van der Waals surface area contributed by atoms with Crippen molar-refractivity contribution in [1.82, 2.24) is 9.62 Å². The SMILES string of the molecule is CC(CN(C)C)NS(=O)(=O)c1ccsc1CO. The van der Waals surface area contributed by atoms with Gasteiger partial charge in [-0.2, -0.15) is 0 Å². The van der Waals surface area contributed by atoms with Gasteiger partial charge in [0.25, 0.3) is 0 Å². The highest BCUT2D eigenvalue weighted by molar-refractivity contribution is 7.89. The zero-order valence-corrected chi connectivity index (χ0v) is 11.8. The lowest BCUT2D eigenvalue weighted by atomic mass is 10.3. The minimum absolute atomic E-state index is 0.176. The second kappa shape index (κ2) is 5.92. The molecule has 0 aromatic carbocycles. The van der Waals surface area contributed by atoms with Crippen LogP contribution in [0.5, 0.6) is 0 Å². The van der Waals surface area contributed by atoms with Crippen LogP contribution in [-0.2, 0) is 16.6 Å². The van der Waals surface area contributed by atoms with E-state index in [1.165, 1.54) is 17.4 Å². The summed E-state index contributed by atoms with van der Waals surface area (Å²) < 4.78 is 26.7. The lowest BCUT2D eigenvalue weighted by Crippen LogP contribution is -2.39. The number of likely N-dealkylation sites (N-methyl/N-ethyl adjacent to an activating group) is 1. The Labute approximate surface area is 106 Å². The van der Waals surface area contributed by atoms with Crippen molar-refractivity contribution >= 4 is 21.4 Å². The van der Waals surface area contributed by atoms with Crippen molar-refractivity contribution in [3.63, 3.8) is 0 Å². The number of hydrogen-bond donors (Lipinski definition) is 2. The van der Waals surface area contributed by atoms with E-state index in [2.05, 4.69) is 4.72 Å². The molecule has 0 aliphatic carbocycles. The molecule has 0 aliphatic heterocycles. The second-order valence-corrected chi connectivity index (χ2v) is 6.83. The van der Waals surface area contributed by atoms with Crippen LogP contribution in [0.3, 0.4) is 0 Å². The molecule has 0 radical (unpaired) electrons. The summed E-state index contributed by atoms with van der Waals surface area (Å²) in [5, 5.41) is 10.7. The van der Waals surface area contributed by atoms with Crippen LogP contribution in [0.15, 0.2) is 16.3 Å². The molecule has 0 spiro atoms. The number of hydrogen-bond acceptors (Lipinski definition) is 5. The predicted octanol–water partition coefficient (Wildman–Crippen LogP) is 0.469. The van der Waals surface area contributed by atoms with Crippen molar-refractivity contribution in [3.8, 4) is 0 Å². The Hall–Kier alpha value is -0.470. The standard InChI is InChI=1S/C10H18N2O3S2/c1-8(6-12(2)3)11-17(14,15)10-4-5-16-9(10)7-13/h4-5,8,11,13H,6-7H2,1-3H3. The van der Waals surface area contributed by atoms with Crippen molar-refractivity contribution in [2.45, 2.75) is 24.5 Å². The number of thiophene rings is 1. The number of aliphatic hydroxyl groups excluding tert-OH is 1. The summed E-state index contributed by atoms with van der Waals surface area (Å²) in [5.41, 5.74) is 0. The van der Waals surface area contributed by atoms with Gasteiger partial charge in [0.2, 0.25) is 10.0 Å². The van der Waals surface area contributed by atoms with E-state index >= 15 is 0 Å². The smallest absolute Gasteiger partial charge is 0.242 e. The summed E-state index contributed by atoms with van der Waals surface area (Å²) in [6.45, 7) is 2.18. The molecule has 0 fully saturated rings. The third-order valence-electron chi connectivity index (χ3n) is 2.13. The molecular weight excluding hydrogens is 260 g/mol. The van der Waals surface area contributed by atoms with Crippen molar-refractivity contribution in [2.24, 2.45) is 0 Å². The van der Waals surface area contributed by atoms with Crippen molar-refractivity contribution in [2.75, 3.05) is 20.6 Å². The first kappa shape index (κ1) is 14.6. The Morgan fingerprint density at radius 3 is 2.71 bits per heavy atom. The van der Waals surface area contributed by atoms with Gasteiger partial charge in [-0.25, -0.2) is 13.1 Å². The average Bonchev–Trinajstić information content (AvgIpc) is 2.62. The molecule has 0 aliphatic rings. The first-order valence-electron chi connectivity index (χ1n) is 5.21.